The highest BCUT2D eigenvalue weighted by molar-refractivity contribution is 6.30. The zero-order valence-corrected chi connectivity index (χ0v) is 15.3. The second-order valence-electron chi connectivity index (χ2n) is 6.22. The van der Waals surface area contributed by atoms with Crippen molar-refractivity contribution in [1.29, 1.82) is 0 Å². The van der Waals surface area contributed by atoms with Crippen molar-refractivity contribution in [2.45, 2.75) is 25.8 Å². The van der Waals surface area contributed by atoms with E-state index in [1.807, 2.05) is 42.2 Å². The average Bonchev–Trinajstić information content (AvgIpc) is 3.10. The molecule has 25 heavy (non-hydrogen) atoms. The fourth-order valence-electron chi connectivity index (χ4n) is 3.24. The molecule has 1 aliphatic rings. The maximum Gasteiger partial charge on any atom is 0.261 e. The first-order chi connectivity index (χ1) is 12.1. The van der Waals surface area contributed by atoms with Gasteiger partial charge in [0.2, 0.25) is 0 Å². The maximum absolute atomic E-state index is 12.7. The molecule has 3 rings (SSSR count). The van der Waals surface area contributed by atoms with Gasteiger partial charge in [-0.15, -0.1) is 0 Å². The molecule has 1 amide bonds. The van der Waals surface area contributed by atoms with E-state index >= 15 is 0 Å². The smallest absolute Gasteiger partial charge is 0.261 e. The van der Waals surface area contributed by atoms with Crippen molar-refractivity contribution < 1.29 is 14.3 Å². The van der Waals surface area contributed by atoms with E-state index in [2.05, 4.69) is 0 Å². The minimum absolute atomic E-state index is 0.00710. The van der Waals surface area contributed by atoms with Gasteiger partial charge < -0.3 is 14.4 Å². The number of methoxy groups -OCH3 is 1. The van der Waals surface area contributed by atoms with Gasteiger partial charge in [-0.2, -0.15) is 0 Å². The Kier molecular flexibility index (Phi) is 5.49. The van der Waals surface area contributed by atoms with E-state index in [1.165, 1.54) is 0 Å². The molecule has 1 atom stereocenters. The normalized spacial score (nSPS) is 16.8. The van der Waals surface area contributed by atoms with Gasteiger partial charge in [-0.05, 0) is 61.2 Å². The summed E-state index contributed by atoms with van der Waals surface area (Å²) in [5, 5.41) is 0.662. The Morgan fingerprint density at radius 3 is 2.68 bits per heavy atom. The molecule has 1 aliphatic heterocycles. The summed E-state index contributed by atoms with van der Waals surface area (Å²) in [5.41, 5.74) is 2.06. The number of hydrogen-bond acceptors (Lipinski definition) is 3. The van der Waals surface area contributed by atoms with Gasteiger partial charge in [0.15, 0.2) is 6.61 Å². The fraction of sp³-hybridized carbons (Fsp3) is 0.350. The van der Waals surface area contributed by atoms with Crippen LogP contribution in [0, 0.1) is 6.92 Å². The fourth-order valence-corrected chi connectivity index (χ4v) is 3.46. The highest BCUT2D eigenvalue weighted by atomic mass is 35.5. The Bertz CT molecular complexity index is 745. The zero-order chi connectivity index (χ0) is 17.8. The van der Waals surface area contributed by atoms with Gasteiger partial charge in [-0.3, -0.25) is 4.79 Å². The van der Waals surface area contributed by atoms with Gasteiger partial charge in [0, 0.05) is 11.6 Å². The molecule has 0 radical (unpaired) electrons. The molecule has 2 aromatic carbocycles. The number of halogens is 1. The van der Waals surface area contributed by atoms with Crippen molar-refractivity contribution >= 4 is 17.5 Å². The van der Waals surface area contributed by atoms with Gasteiger partial charge >= 0.3 is 0 Å². The van der Waals surface area contributed by atoms with Crippen LogP contribution in [0.25, 0.3) is 0 Å². The van der Waals surface area contributed by atoms with Crippen molar-refractivity contribution in [3.8, 4) is 11.5 Å². The van der Waals surface area contributed by atoms with Crippen molar-refractivity contribution in [2.75, 3.05) is 20.3 Å². The van der Waals surface area contributed by atoms with Crippen LogP contribution in [0.4, 0.5) is 0 Å². The molecule has 0 aromatic heterocycles. The van der Waals surface area contributed by atoms with Crippen LogP contribution in [-0.2, 0) is 4.79 Å². The Morgan fingerprint density at radius 2 is 2.00 bits per heavy atom. The molecular weight excluding hydrogens is 338 g/mol. The van der Waals surface area contributed by atoms with Crippen LogP contribution in [0.1, 0.15) is 30.0 Å². The van der Waals surface area contributed by atoms with E-state index in [4.69, 9.17) is 21.1 Å². The minimum Gasteiger partial charge on any atom is -0.497 e. The van der Waals surface area contributed by atoms with Crippen molar-refractivity contribution in [2.24, 2.45) is 0 Å². The van der Waals surface area contributed by atoms with E-state index in [-0.39, 0.29) is 18.6 Å². The van der Waals surface area contributed by atoms with Crippen LogP contribution < -0.4 is 9.47 Å². The predicted octanol–water partition coefficient (Wildman–Crippen LogP) is 4.40. The molecular formula is C20H22ClNO3. The zero-order valence-electron chi connectivity index (χ0n) is 14.5. The van der Waals surface area contributed by atoms with Gasteiger partial charge in [-0.25, -0.2) is 0 Å². The number of aryl methyl sites for hydroxylation is 1. The molecule has 1 heterocycles. The molecule has 1 saturated heterocycles. The number of benzene rings is 2. The lowest BCUT2D eigenvalue weighted by Gasteiger charge is -2.25. The van der Waals surface area contributed by atoms with Crippen LogP contribution in [0.5, 0.6) is 11.5 Å². The van der Waals surface area contributed by atoms with Crippen molar-refractivity contribution in [3.05, 3.63) is 58.6 Å². The third kappa shape index (κ3) is 4.07. The molecule has 1 fully saturated rings. The number of amides is 1. The summed E-state index contributed by atoms with van der Waals surface area (Å²) in [4.78, 5) is 14.6. The molecule has 1 unspecified atom stereocenters. The Labute approximate surface area is 153 Å². The van der Waals surface area contributed by atoms with Gasteiger partial charge in [0.1, 0.15) is 11.5 Å². The molecule has 0 N–H and O–H groups in total. The number of ether oxygens (including phenoxy) is 2. The summed E-state index contributed by atoms with van der Waals surface area (Å²) < 4.78 is 10.9. The van der Waals surface area contributed by atoms with Gasteiger partial charge in [0.05, 0.1) is 13.2 Å². The summed E-state index contributed by atoms with van der Waals surface area (Å²) >= 11 is 5.95. The lowest BCUT2D eigenvalue weighted by Crippen LogP contribution is -2.34. The van der Waals surface area contributed by atoms with E-state index in [1.54, 1.807) is 19.2 Å². The topological polar surface area (TPSA) is 38.8 Å². The first-order valence-corrected chi connectivity index (χ1v) is 8.78. The number of hydrogen-bond donors (Lipinski definition) is 0. The first-order valence-electron chi connectivity index (χ1n) is 8.41. The summed E-state index contributed by atoms with van der Waals surface area (Å²) in [6, 6.07) is 13.4. The lowest BCUT2D eigenvalue weighted by atomic mass is 10.0. The number of carbonyl (C=O) groups excluding carboxylic acids is 1. The first kappa shape index (κ1) is 17.6. The summed E-state index contributed by atoms with van der Waals surface area (Å²) in [7, 11) is 1.65. The van der Waals surface area contributed by atoms with E-state index < -0.39 is 0 Å². The molecule has 0 aliphatic carbocycles. The Morgan fingerprint density at radius 1 is 1.24 bits per heavy atom. The maximum atomic E-state index is 12.7. The second kappa shape index (κ2) is 7.79. The minimum atomic E-state index is 0.00710. The third-order valence-corrected chi connectivity index (χ3v) is 4.80. The summed E-state index contributed by atoms with van der Waals surface area (Å²) in [6.07, 6.45) is 1.97. The van der Waals surface area contributed by atoms with E-state index in [0.717, 1.165) is 36.3 Å². The van der Waals surface area contributed by atoms with Gasteiger partial charge in [0.25, 0.3) is 5.91 Å². The van der Waals surface area contributed by atoms with Crippen LogP contribution in [0.2, 0.25) is 5.02 Å². The molecule has 0 saturated carbocycles. The highest BCUT2D eigenvalue weighted by Crippen LogP contribution is 2.33. The summed E-state index contributed by atoms with van der Waals surface area (Å²) in [5.74, 6) is 1.52. The van der Waals surface area contributed by atoms with Crippen LogP contribution in [0.15, 0.2) is 42.5 Å². The Balaban J connectivity index is 1.65. The van der Waals surface area contributed by atoms with Gasteiger partial charge in [-0.1, -0.05) is 23.7 Å². The number of rotatable bonds is 5. The lowest BCUT2D eigenvalue weighted by molar-refractivity contribution is -0.134. The molecule has 0 bridgehead atoms. The molecule has 0 spiro atoms. The Hall–Kier alpha value is -2.20. The van der Waals surface area contributed by atoms with Crippen molar-refractivity contribution in [1.82, 2.24) is 4.90 Å². The standard InChI is InChI=1S/C20H22ClNO3/c1-14-12-16(21)7-10-19(14)25-13-20(23)22-11-3-4-18(22)15-5-8-17(24-2)9-6-15/h5-10,12,18H,3-4,11,13H2,1-2H3. The van der Waals surface area contributed by atoms with Crippen LogP contribution >= 0.6 is 11.6 Å². The third-order valence-electron chi connectivity index (χ3n) is 4.56. The summed E-state index contributed by atoms with van der Waals surface area (Å²) in [6.45, 7) is 2.72. The largest absolute Gasteiger partial charge is 0.497 e. The van der Waals surface area contributed by atoms with Crippen LogP contribution in [-0.4, -0.2) is 31.1 Å². The second-order valence-corrected chi connectivity index (χ2v) is 6.65. The highest BCUT2D eigenvalue weighted by Gasteiger charge is 2.30. The number of likely N-dealkylation sites (tertiary alicyclic amines) is 1. The predicted molar refractivity (Wildman–Crippen MR) is 98.4 cm³/mol. The molecule has 132 valence electrons. The molecule has 4 nitrogen and oxygen atoms in total. The SMILES string of the molecule is COc1ccc(C2CCCN2C(=O)COc2ccc(Cl)cc2C)cc1. The number of carbonyl (C=O) groups is 1. The average molecular weight is 360 g/mol. The van der Waals surface area contributed by atoms with Crippen LogP contribution in [0.3, 0.4) is 0 Å². The number of nitrogens with zero attached hydrogens (tertiary/aromatic N) is 1. The molecule has 2 aromatic rings. The molecule has 5 heteroatoms. The quantitative estimate of drug-likeness (QED) is 0.794. The van der Waals surface area contributed by atoms with Crippen molar-refractivity contribution in [3.63, 3.8) is 0 Å². The monoisotopic (exact) mass is 359 g/mol. The van der Waals surface area contributed by atoms with E-state index in [0.29, 0.717) is 10.8 Å². The van der Waals surface area contributed by atoms with E-state index in [9.17, 15) is 4.79 Å².